The highest BCUT2D eigenvalue weighted by molar-refractivity contribution is 6.31. The molecule has 0 aliphatic carbocycles. The fourth-order valence-corrected chi connectivity index (χ4v) is 2.20. The van der Waals surface area contributed by atoms with E-state index in [0.29, 0.717) is 17.6 Å². The van der Waals surface area contributed by atoms with Gasteiger partial charge in [0.1, 0.15) is 0 Å². The first-order valence-electron chi connectivity index (χ1n) is 6.64. The quantitative estimate of drug-likeness (QED) is 0.915. The molecular weight excluding hydrogens is 290 g/mol. The van der Waals surface area contributed by atoms with Gasteiger partial charge < -0.3 is 15.4 Å². The van der Waals surface area contributed by atoms with E-state index in [9.17, 15) is 0 Å². The Balaban J connectivity index is 2.31. The summed E-state index contributed by atoms with van der Waals surface area (Å²) < 4.78 is 5.29. The van der Waals surface area contributed by atoms with E-state index in [4.69, 9.17) is 22.1 Å². The van der Waals surface area contributed by atoms with E-state index in [1.54, 1.807) is 0 Å². The molecule has 2 aromatic rings. The van der Waals surface area contributed by atoms with Crippen LogP contribution in [-0.2, 0) is 0 Å². The van der Waals surface area contributed by atoms with Gasteiger partial charge in [0.2, 0.25) is 11.9 Å². The maximum Gasteiger partial charge on any atom is 0.323 e. The minimum absolute atomic E-state index is 0.0185. The SMILES string of the molecule is CCOc1nc(N)nc(N(C)C(C)c2ccccc2Cl)n1. The van der Waals surface area contributed by atoms with Gasteiger partial charge >= 0.3 is 6.01 Å². The first-order chi connectivity index (χ1) is 10.0. The van der Waals surface area contributed by atoms with E-state index in [0.717, 1.165) is 5.56 Å². The van der Waals surface area contributed by atoms with Crippen LogP contribution in [0.25, 0.3) is 0 Å². The third-order valence-corrected chi connectivity index (χ3v) is 3.49. The number of nitrogens with zero attached hydrogens (tertiary/aromatic N) is 4. The molecule has 2 rings (SSSR count). The van der Waals surface area contributed by atoms with E-state index >= 15 is 0 Å². The Bertz CT molecular complexity index is 622. The van der Waals surface area contributed by atoms with Crippen LogP contribution in [0.2, 0.25) is 5.02 Å². The van der Waals surface area contributed by atoms with Crippen molar-refractivity contribution in [1.82, 2.24) is 15.0 Å². The summed E-state index contributed by atoms with van der Waals surface area (Å²) in [5.41, 5.74) is 6.69. The van der Waals surface area contributed by atoms with Crippen molar-refractivity contribution < 1.29 is 4.74 Å². The van der Waals surface area contributed by atoms with Gasteiger partial charge in [-0.05, 0) is 25.5 Å². The number of benzene rings is 1. The van der Waals surface area contributed by atoms with Crippen molar-refractivity contribution >= 4 is 23.5 Å². The number of anilines is 2. The van der Waals surface area contributed by atoms with Crippen molar-refractivity contribution in [2.45, 2.75) is 19.9 Å². The van der Waals surface area contributed by atoms with Gasteiger partial charge in [-0.1, -0.05) is 29.8 Å². The lowest BCUT2D eigenvalue weighted by Crippen LogP contribution is -2.25. The molecule has 6 nitrogen and oxygen atoms in total. The Kier molecular flexibility index (Phi) is 4.80. The molecule has 0 bridgehead atoms. The number of rotatable bonds is 5. The van der Waals surface area contributed by atoms with Gasteiger partial charge in [-0.3, -0.25) is 0 Å². The number of hydrogen-bond acceptors (Lipinski definition) is 6. The summed E-state index contributed by atoms with van der Waals surface area (Å²) in [6.45, 7) is 4.34. The minimum Gasteiger partial charge on any atom is -0.464 e. The lowest BCUT2D eigenvalue weighted by atomic mass is 10.1. The molecule has 1 unspecified atom stereocenters. The molecule has 21 heavy (non-hydrogen) atoms. The number of halogens is 1. The number of aromatic nitrogens is 3. The molecule has 0 aliphatic heterocycles. The molecule has 0 amide bonds. The van der Waals surface area contributed by atoms with Gasteiger partial charge in [0.25, 0.3) is 0 Å². The summed E-state index contributed by atoms with van der Waals surface area (Å²) in [5.74, 6) is 0.569. The molecule has 1 aromatic heterocycles. The first-order valence-corrected chi connectivity index (χ1v) is 7.02. The van der Waals surface area contributed by atoms with Crippen LogP contribution in [0, 0.1) is 0 Å². The third-order valence-electron chi connectivity index (χ3n) is 3.15. The summed E-state index contributed by atoms with van der Waals surface area (Å²) in [6.07, 6.45) is 0. The van der Waals surface area contributed by atoms with E-state index < -0.39 is 0 Å². The molecule has 0 radical (unpaired) electrons. The van der Waals surface area contributed by atoms with Crippen LogP contribution < -0.4 is 15.4 Å². The summed E-state index contributed by atoms with van der Waals surface area (Å²) in [4.78, 5) is 14.2. The van der Waals surface area contributed by atoms with Gasteiger partial charge in [-0.2, -0.15) is 15.0 Å². The molecular formula is C14H18ClN5O. The molecule has 0 saturated heterocycles. The van der Waals surface area contributed by atoms with Crippen LogP contribution in [0.1, 0.15) is 25.5 Å². The molecule has 1 heterocycles. The van der Waals surface area contributed by atoms with Crippen LogP contribution >= 0.6 is 11.6 Å². The van der Waals surface area contributed by atoms with E-state index in [1.165, 1.54) is 0 Å². The highest BCUT2D eigenvalue weighted by Crippen LogP contribution is 2.28. The second-order valence-electron chi connectivity index (χ2n) is 4.52. The first kappa shape index (κ1) is 15.3. The van der Waals surface area contributed by atoms with Crippen molar-refractivity contribution in [3.05, 3.63) is 34.9 Å². The average Bonchev–Trinajstić information content (AvgIpc) is 2.46. The summed E-state index contributed by atoms with van der Waals surface area (Å²) >= 11 is 6.23. The van der Waals surface area contributed by atoms with Gasteiger partial charge in [0.15, 0.2) is 0 Å². The summed E-state index contributed by atoms with van der Waals surface area (Å²) in [5, 5.41) is 0.698. The maximum atomic E-state index is 6.23. The van der Waals surface area contributed by atoms with Crippen molar-refractivity contribution in [1.29, 1.82) is 0 Å². The average molecular weight is 308 g/mol. The monoisotopic (exact) mass is 307 g/mol. The van der Waals surface area contributed by atoms with Crippen LogP contribution in [0.3, 0.4) is 0 Å². The van der Waals surface area contributed by atoms with E-state index in [-0.39, 0.29) is 18.0 Å². The fraction of sp³-hybridized carbons (Fsp3) is 0.357. The third kappa shape index (κ3) is 3.52. The summed E-state index contributed by atoms with van der Waals surface area (Å²) in [6, 6.07) is 7.87. The number of nitrogens with two attached hydrogens (primary N) is 1. The summed E-state index contributed by atoms with van der Waals surface area (Å²) in [7, 11) is 1.87. The predicted octanol–water partition coefficient (Wildman–Crippen LogP) is 2.70. The molecule has 2 N–H and O–H groups in total. The normalized spacial score (nSPS) is 12.0. The maximum absolute atomic E-state index is 6.23. The van der Waals surface area contributed by atoms with Crippen molar-refractivity contribution in [2.75, 3.05) is 24.3 Å². The molecule has 0 spiro atoms. The lowest BCUT2D eigenvalue weighted by Gasteiger charge is -2.26. The smallest absolute Gasteiger partial charge is 0.323 e. The minimum atomic E-state index is -0.0185. The number of nitrogen functional groups attached to an aromatic ring is 1. The number of hydrogen-bond donors (Lipinski definition) is 1. The molecule has 7 heteroatoms. The van der Waals surface area contributed by atoms with Gasteiger partial charge in [-0.25, -0.2) is 0 Å². The Morgan fingerprint density at radius 3 is 2.67 bits per heavy atom. The topological polar surface area (TPSA) is 77.2 Å². The van der Waals surface area contributed by atoms with Gasteiger partial charge in [-0.15, -0.1) is 0 Å². The van der Waals surface area contributed by atoms with Crippen LogP contribution in [-0.4, -0.2) is 28.6 Å². The van der Waals surface area contributed by atoms with Gasteiger partial charge in [0, 0.05) is 12.1 Å². The predicted molar refractivity (Wildman–Crippen MR) is 83.7 cm³/mol. The zero-order valence-corrected chi connectivity index (χ0v) is 13.0. The van der Waals surface area contributed by atoms with Crippen molar-refractivity contribution in [2.24, 2.45) is 0 Å². The standard InChI is InChI=1S/C14H18ClN5O/c1-4-21-14-18-12(16)17-13(19-14)20(3)9(2)10-7-5-6-8-11(10)15/h5-9H,4H2,1-3H3,(H2,16,17,18,19). The molecule has 112 valence electrons. The van der Waals surface area contributed by atoms with Crippen LogP contribution in [0.5, 0.6) is 6.01 Å². The number of ether oxygens (including phenoxy) is 1. The van der Waals surface area contributed by atoms with Crippen molar-refractivity contribution in [3.63, 3.8) is 0 Å². The zero-order chi connectivity index (χ0) is 15.4. The molecule has 0 saturated carbocycles. The van der Waals surface area contributed by atoms with Crippen molar-refractivity contribution in [3.8, 4) is 6.01 Å². The second-order valence-corrected chi connectivity index (χ2v) is 4.92. The largest absolute Gasteiger partial charge is 0.464 e. The van der Waals surface area contributed by atoms with Gasteiger partial charge in [0.05, 0.1) is 12.6 Å². The molecule has 1 atom stereocenters. The van der Waals surface area contributed by atoms with Crippen LogP contribution in [0.4, 0.5) is 11.9 Å². The van der Waals surface area contributed by atoms with E-state index in [1.807, 2.05) is 50.1 Å². The van der Waals surface area contributed by atoms with E-state index in [2.05, 4.69) is 15.0 Å². The molecule has 0 aliphatic rings. The Labute approximate surface area is 128 Å². The Hall–Kier alpha value is -2.08. The zero-order valence-electron chi connectivity index (χ0n) is 12.2. The second kappa shape index (κ2) is 6.58. The molecule has 1 aromatic carbocycles. The fourth-order valence-electron chi connectivity index (χ4n) is 1.91. The highest BCUT2D eigenvalue weighted by atomic mass is 35.5. The Morgan fingerprint density at radius 2 is 2.00 bits per heavy atom. The van der Waals surface area contributed by atoms with Crippen LogP contribution in [0.15, 0.2) is 24.3 Å². The highest BCUT2D eigenvalue weighted by Gasteiger charge is 2.18. The lowest BCUT2D eigenvalue weighted by molar-refractivity contribution is 0.312. The Morgan fingerprint density at radius 1 is 1.29 bits per heavy atom. The molecule has 0 fully saturated rings.